The summed E-state index contributed by atoms with van der Waals surface area (Å²) < 4.78 is 7.03. The van der Waals surface area contributed by atoms with Gasteiger partial charge in [-0.15, -0.1) is 0 Å². The van der Waals surface area contributed by atoms with Crippen molar-refractivity contribution in [2.45, 2.75) is 59.3 Å². The summed E-state index contributed by atoms with van der Waals surface area (Å²) in [5.74, 6) is 0. The molecule has 0 unspecified atom stereocenters. The fourth-order valence-corrected chi connectivity index (χ4v) is 9.03. The largest absolute Gasteiger partial charge is 0.456 e. The van der Waals surface area contributed by atoms with E-state index < -0.39 is 0 Å². The Hall–Kier alpha value is -6.00. The summed E-state index contributed by atoms with van der Waals surface area (Å²) in [4.78, 5) is 5.12. The molecule has 0 bridgehead atoms. The van der Waals surface area contributed by atoms with Crippen molar-refractivity contribution in [1.82, 2.24) is 0 Å². The molecule has 4 heteroatoms. The van der Waals surface area contributed by atoms with Crippen LogP contribution in [0.3, 0.4) is 0 Å². The lowest BCUT2D eigenvalue weighted by atomic mass is 9.43. The van der Waals surface area contributed by atoms with E-state index in [1.54, 1.807) is 0 Å². The van der Waals surface area contributed by atoms with Crippen LogP contribution in [0.1, 0.15) is 58.2 Å². The van der Waals surface area contributed by atoms with E-state index >= 15 is 0 Å². The average Bonchev–Trinajstić information content (AvgIpc) is 3.56. The molecule has 2 aliphatic heterocycles. The molecule has 0 aliphatic carbocycles. The minimum atomic E-state index is -0.154. The van der Waals surface area contributed by atoms with E-state index in [0.29, 0.717) is 0 Å². The first kappa shape index (κ1) is 33.6. The number of nitrogens with zero attached hydrogens (tertiary/aromatic N) is 2. The van der Waals surface area contributed by atoms with Gasteiger partial charge in [0.2, 0.25) is 0 Å². The van der Waals surface area contributed by atoms with Gasteiger partial charge in [-0.1, -0.05) is 133 Å². The van der Waals surface area contributed by atoms with Crippen molar-refractivity contribution in [1.29, 1.82) is 0 Å². The molecular formula is C51H45BN2O. The van der Waals surface area contributed by atoms with Crippen molar-refractivity contribution in [3.8, 4) is 22.3 Å². The lowest BCUT2D eigenvalue weighted by molar-refractivity contribution is 0.590. The van der Waals surface area contributed by atoms with E-state index in [2.05, 4.69) is 204 Å². The maximum absolute atomic E-state index is 7.03. The molecule has 1 aromatic heterocycles. The number of benzene rings is 7. The van der Waals surface area contributed by atoms with E-state index in [0.717, 1.165) is 39.0 Å². The Morgan fingerprint density at radius 2 is 1.16 bits per heavy atom. The van der Waals surface area contributed by atoms with Gasteiger partial charge in [0.25, 0.3) is 0 Å². The van der Waals surface area contributed by atoms with Gasteiger partial charge in [-0.05, 0) is 106 Å². The zero-order valence-corrected chi connectivity index (χ0v) is 32.7. The van der Waals surface area contributed by atoms with Crippen LogP contribution in [0, 0.1) is 6.92 Å². The Morgan fingerprint density at radius 3 is 1.93 bits per heavy atom. The van der Waals surface area contributed by atoms with Crippen molar-refractivity contribution in [3.63, 3.8) is 0 Å². The van der Waals surface area contributed by atoms with Crippen LogP contribution in [0.5, 0.6) is 0 Å². The summed E-state index contributed by atoms with van der Waals surface area (Å²) in [6.45, 7) is 15.9. The molecule has 268 valence electrons. The van der Waals surface area contributed by atoms with Crippen molar-refractivity contribution in [2.75, 3.05) is 9.71 Å². The second-order valence-corrected chi connectivity index (χ2v) is 17.5. The standard InChI is InChI=1S/C51H45BN2O/c1-32-29-41-40-31-35(51(5,6)7)23-27-43(40)54(36-24-21-34(22-25-36)50(2,3)4)52-47(41)45(30-32)53(42-19-13-11-17-37(42)33-15-9-8-10-16-33)44-28-26-39-38-18-12-14-20-46(38)55-49(39)48(44)52/h8-31H,1-7H3. The van der Waals surface area contributed by atoms with Gasteiger partial charge in [0.15, 0.2) is 0 Å². The SMILES string of the molecule is Cc1cc2c3c(c1)N(c1ccccc1-c1ccccc1)c1ccc4c(oc5ccccc54)c1B3N(c1ccc(C(C)(C)C)cc1)c1ccc(C(C)(C)C)cc1-2. The monoisotopic (exact) mass is 712 g/mol. The molecule has 0 saturated heterocycles. The lowest BCUT2D eigenvalue weighted by Crippen LogP contribution is -2.61. The molecule has 0 saturated carbocycles. The van der Waals surface area contributed by atoms with E-state index in [1.807, 2.05) is 0 Å². The molecule has 3 heterocycles. The Labute approximate surface area is 325 Å². The number of para-hydroxylation sites is 2. The Balaban J connectivity index is 1.35. The molecule has 0 fully saturated rings. The molecule has 55 heavy (non-hydrogen) atoms. The summed E-state index contributed by atoms with van der Waals surface area (Å²) in [5, 5.41) is 2.28. The number of anilines is 5. The van der Waals surface area contributed by atoms with Crippen molar-refractivity contribution < 1.29 is 4.42 Å². The smallest absolute Gasteiger partial charge is 0.336 e. The minimum absolute atomic E-state index is 0.0113. The lowest BCUT2D eigenvalue weighted by Gasteiger charge is -2.46. The van der Waals surface area contributed by atoms with Crippen LogP contribution in [0.15, 0.2) is 150 Å². The minimum Gasteiger partial charge on any atom is -0.456 e. The maximum Gasteiger partial charge on any atom is 0.336 e. The third-order valence-corrected chi connectivity index (χ3v) is 11.8. The number of hydrogen-bond donors (Lipinski definition) is 0. The highest BCUT2D eigenvalue weighted by molar-refractivity contribution is 6.95. The van der Waals surface area contributed by atoms with Crippen LogP contribution < -0.4 is 20.6 Å². The predicted octanol–water partition coefficient (Wildman–Crippen LogP) is 12.9. The van der Waals surface area contributed by atoms with Gasteiger partial charge in [0.1, 0.15) is 11.2 Å². The second kappa shape index (κ2) is 12.0. The van der Waals surface area contributed by atoms with Crippen LogP contribution in [0.2, 0.25) is 0 Å². The van der Waals surface area contributed by atoms with Gasteiger partial charge in [-0.25, -0.2) is 0 Å². The summed E-state index contributed by atoms with van der Waals surface area (Å²) in [6.07, 6.45) is 0. The fraction of sp³-hybridized carbons (Fsp3) is 0.176. The third-order valence-electron chi connectivity index (χ3n) is 11.8. The quantitative estimate of drug-likeness (QED) is 0.170. The molecule has 0 radical (unpaired) electrons. The second-order valence-electron chi connectivity index (χ2n) is 17.5. The highest BCUT2D eigenvalue weighted by Crippen LogP contribution is 2.50. The molecule has 0 spiro atoms. The first-order chi connectivity index (χ1) is 26.5. The van der Waals surface area contributed by atoms with Gasteiger partial charge in [0, 0.05) is 50.1 Å². The topological polar surface area (TPSA) is 19.6 Å². The van der Waals surface area contributed by atoms with Crippen molar-refractivity contribution >= 4 is 68.1 Å². The van der Waals surface area contributed by atoms with E-state index in [-0.39, 0.29) is 17.7 Å². The van der Waals surface area contributed by atoms with E-state index in [9.17, 15) is 0 Å². The average molecular weight is 713 g/mol. The first-order valence-corrected chi connectivity index (χ1v) is 19.6. The first-order valence-electron chi connectivity index (χ1n) is 19.6. The van der Waals surface area contributed by atoms with Crippen molar-refractivity contribution in [2.24, 2.45) is 0 Å². The number of furan rings is 1. The number of rotatable bonds is 3. The summed E-state index contributed by atoms with van der Waals surface area (Å²) in [7, 11) is 0. The Kier molecular flexibility index (Phi) is 7.32. The van der Waals surface area contributed by atoms with Crippen LogP contribution in [0.25, 0.3) is 44.2 Å². The van der Waals surface area contributed by atoms with E-state index in [1.165, 1.54) is 61.2 Å². The fourth-order valence-electron chi connectivity index (χ4n) is 9.03. The molecule has 2 aliphatic rings. The molecule has 0 N–H and O–H groups in total. The Morgan fingerprint density at radius 1 is 0.491 bits per heavy atom. The van der Waals surface area contributed by atoms with Gasteiger partial charge >= 0.3 is 6.85 Å². The number of aryl methyl sites for hydroxylation is 1. The van der Waals surface area contributed by atoms with Crippen LogP contribution >= 0.6 is 0 Å². The van der Waals surface area contributed by atoms with Crippen LogP contribution in [0.4, 0.5) is 28.4 Å². The van der Waals surface area contributed by atoms with Crippen LogP contribution in [-0.4, -0.2) is 6.85 Å². The summed E-state index contributed by atoms with van der Waals surface area (Å²) >= 11 is 0. The number of hydrogen-bond acceptors (Lipinski definition) is 3. The zero-order chi connectivity index (χ0) is 37.8. The van der Waals surface area contributed by atoms with Gasteiger partial charge in [-0.2, -0.15) is 0 Å². The van der Waals surface area contributed by atoms with Crippen LogP contribution in [-0.2, 0) is 10.8 Å². The predicted molar refractivity (Wildman–Crippen MR) is 235 cm³/mol. The molecule has 3 nitrogen and oxygen atoms in total. The Bertz CT molecular complexity index is 2800. The molecule has 10 rings (SSSR count). The molecule has 0 atom stereocenters. The van der Waals surface area contributed by atoms with E-state index in [4.69, 9.17) is 4.42 Å². The van der Waals surface area contributed by atoms with Gasteiger partial charge in [0.05, 0.1) is 5.69 Å². The third kappa shape index (κ3) is 5.18. The zero-order valence-electron chi connectivity index (χ0n) is 32.7. The molecule has 0 amide bonds. The number of fused-ring (bicyclic) bond motifs is 8. The molecule has 8 aromatic rings. The molecular weight excluding hydrogens is 667 g/mol. The highest BCUT2D eigenvalue weighted by Gasteiger charge is 2.47. The van der Waals surface area contributed by atoms with Gasteiger partial charge < -0.3 is 14.1 Å². The van der Waals surface area contributed by atoms with Crippen molar-refractivity contribution in [3.05, 3.63) is 162 Å². The summed E-state index contributed by atoms with van der Waals surface area (Å²) in [5.41, 5.74) is 19.0. The summed E-state index contributed by atoms with van der Waals surface area (Å²) in [6, 6.07) is 54.0. The maximum atomic E-state index is 7.03. The normalized spacial score (nSPS) is 13.6. The van der Waals surface area contributed by atoms with Gasteiger partial charge in [-0.3, -0.25) is 0 Å². The molecule has 7 aromatic carbocycles. The highest BCUT2D eigenvalue weighted by atomic mass is 16.3.